The molecule has 0 aliphatic heterocycles. The lowest BCUT2D eigenvalue weighted by Gasteiger charge is -1.94. The van der Waals surface area contributed by atoms with Crippen molar-refractivity contribution >= 4 is 15.7 Å². The Morgan fingerprint density at radius 3 is 2.44 bits per heavy atom. The van der Waals surface area contributed by atoms with E-state index in [1.807, 2.05) is 0 Å². The summed E-state index contributed by atoms with van der Waals surface area (Å²) in [7, 11) is -1.14. The van der Waals surface area contributed by atoms with E-state index in [9.17, 15) is 4.79 Å². The van der Waals surface area contributed by atoms with Crippen molar-refractivity contribution in [3.8, 4) is 0 Å². The molecule has 0 saturated heterocycles. The maximum atomic E-state index is 10.2. The average Bonchev–Trinajstić information content (AvgIpc) is 1.82. The molecule has 0 fully saturated rings. The first kappa shape index (κ1) is 8.39. The molecule has 2 N–H and O–H groups in total. The summed E-state index contributed by atoms with van der Waals surface area (Å²) >= 11 is 0. The van der Waals surface area contributed by atoms with Crippen LogP contribution in [0.5, 0.6) is 0 Å². The molecule has 52 valence electrons. The standard InChI is InChI=1S/C5H10O3Si/c1-2-4(3-9-8)5(6)7/h2,8H,3,9H2,1H3,(H,6,7). The SMILES string of the molecule is CC=C(C[SiH2]O)C(=O)O. The summed E-state index contributed by atoms with van der Waals surface area (Å²) < 4.78 is 0. The first-order valence-corrected chi connectivity index (χ1v) is 4.35. The number of hydrogen-bond acceptors (Lipinski definition) is 2. The van der Waals surface area contributed by atoms with E-state index in [2.05, 4.69) is 0 Å². The maximum Gasteiger partial charge on any atom is 0.330 e. The molecule has 0 heterocycles. The van der Waals surface area contributed by atoms with Crippen LogP contribution in [0.1, 0.15) is 6.92 Å². The molecule has 9 heavy (non-hydrogen) atoms. The number of rotatable bonds is 3. The number of hydrogen-bond donors (Lipinski definition) is 2. The summed E-state index contributed by atoms with van der Waals surface area (Å²) in [5, 5.41) is 8.35. The van der Waals surface area contributed by atoms with Crippen LogP contribution in [0.3, 0.4) is 0 Å². The summed E-state index contributed by atoms with van der Waals surface area (Å²) in [4.78, 5) is 18.6. The predicted molar refractivity (Wildman–Crippen MR) is 37.0 cm³/mol. The van der Waals surface area contributed by atoms with Gasteiger partial charge in [-0.1, -0.05) is 6.08 Å². The van der Waals surface area contributed by atoms with E-state index in [4.69, 9.17) is 9.90 Å². The Hall–Kier alpha value is -0.613. The first-order chi connectivity index (χ1) is 4.22. The number of aliphatic carboxylic acids is 1. The lowest BCUT2D eigenvalue weighted by atomic mass is 10.3. The van der Waals surface area contributed by atoms with Crippen LogP contribution in [0.4, 0.5) is 0 Å². The third kappa shape index (κ3) is 3.05. The van der Waals surface area contributed by atoms with Gasteiger partial charge in [0, 0.05) is 5.57 Å². The van der Waals surface area contributed by atoms with Gasteiger partial charge in [-0.05, 0) is 13.0 Å². The molecule has 0 aromatic rings. The predicted octanol–water partition coefficient (Wildman–Crippen LogP) is -0.488. The van der Waals surface area contributed by atoms with Crippen LogP contribution in [0.15, 0.2) is 11.6 Å². The number of carbonyl (C=O) groups is 1. The number of carboxylic acid groups (broad SMARTS) is 1. The van der Waals surface area contributed by atoms with Gasteiger partial charge >= 0.3 is 5.97 Å². The summed E-state index contributed by atoms with van der Waals surface area (Å²) in [5.74, 6) is -0.918. The van der Waals surface area contributed by atoms with Gasteiger partial charge in [-0.2, -0.15) is 0 Å². The molecule has 0 aliphatic rings. The first-order valence-electron chi connectivity index (χ1n) is 2.71. The zero-order valence-electron chi connectivity index (χ0n) is 5.29. The molecule has 0 aromatic carbocycles. The van der Waals surface area contributed by atoms with E-state index in [1.165, 1.54) is 6.08 Å². The van der Waals surface area contributed by atoms with Crippen LogP contribution in [-0.2, 0) is 4.79 Å². The van der Waals surface area contributed by atoms with E-state index in [0.29, 0.717) is 11.6 Å². The smallest absolute Gasteiger partial charge is 0.330 e. The zero-order valence-corrected chi connectivity index (χ0v) is 6.71. The summed E-state index contributed by atoms with van der Waals surface area (Å²) in [5.41, 5.74) is 0.323. The van der Waals surface area contributed by atoms with Gasteiger partial charge in [-0.25, -0.2) is 4.79 Å². The molecular weight excluding hydrogens is 136 g/mol. The highest BCUT2D eigenvalue weighted by Gasteiger charge is 2.03. The van der Waals surface area contributed by atoms with Crippen molar-refractivity contribution in [3.05, 3.63) is 11.6 Å². The van der Waals surface area contributed by atoms with Gasteiger partial charge in [0.25, 0.3) is 0 Å². The minimum Gasteiger partial charge on any atom is -0.478 e. The Bertz CT molecular complexity index is 130. The van der Waals surface area contributed by atoms with E-state index in [1.54, 1.807) is 6.92 Å². The van der Waals surface area contributed by atoms with Crippen molar-refractivity contribution in [2.45, 2.75) is 13.0 Å². The molecular formula is C5H10O3Si. The fourth-order valence-corrected chi connectivity index (χ4v) is 1.24. The number of allylic oxidation sites excluding steroid dienone is 1. The third-order valence-electron chi connectivity index (χ3n) is 1.00. The topological polar surface area (TPSA) is 57.5 Å². The fraction of sp³-hybridized carbons (Fsp3) is 0.400. The summed E-state index contributed by atoms with van der Waals surface area (Å²) in [6, 6.07) is 0.367. The van der Waals surface area contributed by atoms with Crippen LogP contribution in [0, 0.1) is 0 Å². The van der Waals surface area contributed by atoms with E-state index < -0.39 is 15.7 Å². The second-order valence-electron chi connectivity index (χ2n) is 1.59. The molecule has 0 rings (SSSR count). The second kappa shape index (κ2) is 4.28. The van der Waals surface area contributed by atoms with Crippen LogP contribution in [0.2, 0.25) is 6.04 Å². The molecule has 0 spiro atoms. The monoisotopic (exact) mass is 146 g/mol. The molecule has 4 heteroatoms. The Morgan fingerprint density at radius 1 is 1.78 bits per heavy atom. The van der Waals surface area contributed by atoms with Gasteiger partial charge in [0.05, 0.1) is 0 Å². The van der Waals surface area contributed by atoms with Crippen molar-refractivity contribution in [1.29, 1.82) is 0 Å². The highest BCUT2D eigenvalue weighted by molar-refractivity contribution is 6.28. The molecule has 0 aromatic heterocycles. The Morgan fingerprint density at radius 2 is 2.33 bits per heavy atom. The van der Waals surface area contributed by atoms with Gasteiger partial charge in [-0.15, -0.1) is 0 Å². The largest absolute Gasteiger partial charge is 0.478 e. The van der Waals surface area contributed by atoms with Gasteiger partial charge < -0.3 is 9.90 Å². The average molecular weight is 146 g/mol. The molecule has 0 bridgehead atoms. The lowest BCUT2D eigenvalue weighted by molar-refractivity contribution is -0.132. The van der Waals surface area contributed by atoms with Gasteiger partial charge in [0.15, 0.2) is 9.76 Å². The molecule has 3 nitrogen and oxygen atoms in total. The van der Waals surface area contributed by atoms with Gasteiger partial charge in [0.2, 0.25) is 0 Å². The Kier molecular flexibility index (Phi) is 3.99. The molecule has 0 amide bonds. The highest BCUT2D eigenvalue weighted by atomic mass is 28.2. The van der Waals surface area contributed by atoms with Crippen molar-refractivity contribution in [3.63, 3.8) is 0 Å². The van der Waals surface area contributed by atoms with Crippen molar-refractivity contribution in [2.75, 3.05) is 0 Å². The minimum atomic E-state index is -1.14. The molecule has 0 atom stereocenters. The van der Waals surface area contributed by atoms with E-state index in [0.717, 1.165) is 0 Å². The van der Waals surface area contributed by atoms with Crippen molar-refractivity contribution in [1.82, 2.24) is 0 Å². The van der Waals surface area contributed by atoms with Gasteiger partial charge in [0.1, 0.15) is 0 Å². The van der Waals surface area contributed by atoms with E-state index in [-0.39, 0.29) is 0 Å². The normalized spacial score (nSPS) is 12.9. The Labute approximate surface area is 56.0 Å². The number of carboxylic acids is 1. The minimum absolute atomic E-state index is 0.323. The Balaban J connectivity index is 3.85. The fourth-order valence-electron chi connectivity index (χ4n) is 0.495. The molecule has 0 saturated carbocycles. The third-order valence-corrected chi connectivity index (χ3v) is 1.77. The molecule has 0 unspecified atom stereocenters. The van der Waals surface area contributed by atoms with Crippen molar-refractivity contribution in [2.24, 2.45) is 0 Å². The van der Waals surface area contributed by atoms with E-state index >= 15 is 0 Å². The second-order valence-corrected chi connectivity index (χ2v) is 2.54. The van der Waals surface area contributed by atoms with Gasteiger partial charge in [-0.3, -0.25) is 0 Å². The maximum absolute atomic E-state index is 10.2. The molecule has 0 radical (unpaired) electrons. The van der Waals surface area contributed by atoms with Crippen LogP contribution < -0.4 is 0 Å². The zero-order chi connectivity index (χ0) is 7.28. The van der Waals surface area contributed by atoms with Crippen LogP contribution in [0.25, 0.3) is 0 Å². The summed E-state index contributed by atoms with van der Waals surface area (Å²) in [6.45, 7) is 1.66. The lowest BCUT2D eigenvalue weighted by Crippen LogP contribution is -2.02. The highest BCUT2D eigenvalue weighted by Crippen LogP contribution is 1.98. The van der Waals surface area contributed by atoms with Crippen molar-refractivity contribution < 1.29 is 14.7 Å². The summed E-state index contributed by atoms with van der Waals surface area (Å²) in [6.07, 6.45) is 1.52. The molecule has 0 aliphatic carbocycles. The quantitative estimate of drug-likeness (QED) is 0.417. The van der Waals surface area contributed by atoms with Crippen LogP contribution >= 0.6 is 0 Å². The van der Waals surface area contributed by atoms with Crippen LogP contribution in [-0.4, -0.2) is 25.6 Å².